The summed E-state index contributed by atoms with van der Waals surface area (Å²) in [5.74, 6) is 6.49. The molecular weight excluding hydrogens is 377 g/mol. The molecule has 2 aromatic rings. The number of hydrogen-bond donors (Lipinski definition) is 1. The van der Waals surface area contributed by atoms with Crippen molar-refractivity contribution in [2.45, 2.75) is 51.2 Å². The molecule has 4 rings (SSSR count). The Hall–Kier alpha value is -2.09. The Kier molecular flexibility index (Phi) is 4.64. The molecule has 0 spiro atoms. The van der Waals surface area contributed by atoms with Gasteiger partial charge in [-0.05, 0) is 42.2 Å². The van der Waals surface area contributed by atoms with Gasteiger partial charge in [-0.25, -0.2) is 9.07 Å². The summed E-state index contributed by atoms with van der Waals surface area (Å²) in [6.07, 6.45) is 3.29. The van der Waals surface area contributed by atoms with Crippen LogP contribution in [0.4, 0.5) is 4.39 Å². The number of nitrogen functional groups attached to an aromatic ring is 1. The van der Waals surface area contributed by atoms with Gasteiger partial charge in [0.25, 0.3) is 0 Å². The van der Waals surface area contributed by atoms with Crippen molar-refractivity contribution in [1.82, 2.24) is 19.8 Å². The molecule has 0 radical (unpaired) electrons. The van der Waals surface area contributed by atoms with Crippen LogP contribution in [0.5, 0.6) is 0 Å². The zero-order chi connectivity index (χ0) is 20.1. The number of fused-ring (bicyclic) bond motifs is 2. The molecular formula is C20H26FN5OS. The first-order valence-electron chi connectivity index (χ1n) is 9.55. The highest BCUT2D eigenvalue weighted by atomic mass is 32.2. The molecule has 8 heteroatoms. The van der Waals surface area contributed by atoms with Crippen LogP contribution in [0.25, 0.3) is 11.4 Å². The molecule has 1 aromatic carbocycles. The average Bonchev–Trinajstić information content (AvgIpc) is 3.08. The average molecular weight is 404 g/mol. The quantitative estimate of drug-likeness (QED) is 0.626. The second-order valence-corrected chi connectivity index (χ2v) is 10.2. The van der Waals surface area contributed by atoms with Crippen molar-refractivity contribution in [3.05, 3.63) is 30.1 Å². The topological polar surface area (TPSA) is 77.0 Å². The number of nitrogens with zero attached hydrogens (tertiary/aromatic N) is 4. The third kappa shape index (κ3) is 3.62. The Morgan fingerprint density at radius 2 is 2.11 bits per heavy atom. The van der Waals surface area contributed by atoms with Crippen molar-refractivity contribution in [1.29, 1.82) is 0 Å². The van der Waals surface area contributed by atoms with Gasteiger partial charge in [-0.3, -0.25) is 4.79 Å². The van der Waals surface area contributed by atoms with Crippen LogP contribution < -0.4 is 5.84 Å². The van der Waals surface area contributed by atoms with Crippen LogP contribution in [0, 0.1) is 16.6 Å². The first kappa shape index (κ1) is 19.2. The van der Waals surface area contributed by atoms with E-state index in [1.54, 1.807) is 12.1 Å². The fraction of sp³-hybridized carbons (Fsp3) is 0.550. The SMILES string of the molecule is CC1(C)C[C@H]2C[C@](C)(CN2C(=O)CSc2nnc(-c3cccc(F)c3)n2N)C1. The molecule has 2 aliphatic rings. The molecule has 0 unspecified atom stereocenters. The second-order valence-electron chi connectivity index (χ2n) is 9.21. The summed E-state index contributed by atoms with van der Waals surface area (Å²) in [4.78, 5) is 15.0. The molecule has 2 heterocycles. The Morgan fingerprint density at radius 1 is 1.32 bits per heavy atom. The number of halogens is 1. The normalized spacial score (nSPS) is 25.9. The van der Waals surface area contributed by atoms with Crippen molar-refractivity contribution < 1.29 is 9.18 Å². The van der Waals surface area contributed by atoms with E-state index >= 15 is 0 Å². The van der Waals surface area contributed by atoms with Crippen molar-refractivity contribution in [2.24, 2.45) is 10.8 Å². The third-order valence-electron chi connectivity index (χ3n) is 5.81. The zero-order valence-electron chi connectivity index (χ0n) is 16.5. The van der Waals surface area contributed by atoms with E-state index in [4.69, 9.17) is 5.84 Å². The fourth-order valence-corrected chi connectivity index (χ4v) is 5.90. The van der Waals surface area contributed by atoms with E-state index in [-0.39, 0.29) is 28.3 Å². The Morgan fingerprint density at radius 3 is 2.86 bits per heavy atom. The molecule has 1 saturated carbocycles. The number of nitrogens with two attached hydrogens (primary N) is 1. The first-order chi connectivity index (χ1) is 13.2. The van der Waals surface area contributed by atoms with Crippen molar-refractivity contribution in [3.63, 3.8) is 0 Å². The van der Waals surface area contributed by atoms with Crippen molar-refractivity contribution in [3.8, 4) is 11.4 Å². The number of amides is 1. The predicted octanol–water partition coefficient (Wildman–Crippen LogP) is 3.32. The van der Waals surface area contributed by atoms with Crippen molar-refractivity contribution in [2.75, 3.05) is 18.1 Å². The molecule has 1 aromatic heterocycles. The summed E-state index contributed by atoms with van der Waals surface area (Å²) in [6.45, 7) is 7.71. The van der Waals surface area contributed by atoms with Gasteiger partial charge in [0.05, 0.1) is 5.75 Å². The molecule has 2 bridgehead atoms. The van der Waals surface area contributed by atoms with Crippen LogP contribution in [0.2, 0.25) is 0 Å². The van der Waals surface area contributed by atoms with Gasteiger partial charge in [-0.2, -0.15) is 0 Å². The van der Waals surface area contributed by atoms with Crippen LogP contribution in [0.1, 0.15) is 40.0 Å². The third-order valence-corrected chi connectivity index (χ3v) is 6.74. The Balaban J connectivity index is 1.44. The molecule has 1 saturated heterocycles. The lowest BCUT2D eigenvalue weighted by atomic mass is 9.65. The number of benzene rings is 1. The standard InChI is InChI=1S/C20H26FN5OS/c1-19(2)8-15-9-20(3,11-19)12-25(15)16(27)10-28-18-24-23-17(26(18)22)13-5-4-6-14(21)7-13/h4-7,15H,8-12,22H2,1-3H3/t15-,20-/m0/s1. The van der Waals surface area contributed by atoms with E-state index in [1.807, 2.05) is 4.90 Å². The van der Waals surface area contributed by atoms with Crippen LogP contribution in [-0.4, -0.2) is 44.0 Å². The van der Waals surface area contributed by atoms with Gasteiger partial charge >= 0.3 is 0 Å². The van der Waals surface area contributed by atoms with E-state index in [1.165, 1.54) is 28.6 Å². The Labute approximate surface area is 168 Å². The lowest BCUT2D eigenvalue weighted by Gasteiger charge is -2.39. The van der Waals surface area contributed by atoms with Crippen LogP contribution in [0.15, 0.2) is 29.4 Å². The zero-order valence-corrected chi connectivity index (χ0v) is 17.3. The van der Waals surface area contributed by atoms with Gasteiger partial charge in [0.1, 0.15) is 5.82 Å². The summed E-state index contributed by atoms with van der Waals surface area (Å²) < 4.78 is 14.8. The number of carbonyl (C=O) groups is 1. The van der Waals surface area contributed by atoms with Crippen molar-refractivity contribution >= 4 is 17.7 Å². The highest BCUT2D eigenvalue weighted by Gasteiger charge is 2.50. The van der Waals surface area contributed by atoms with Gasteiger partial charge in [-0.1, -0.05) is 44.7 Å². The van der Waals surface area contributed by atoms with E-state index in [0.717, 1.165) is 25.8 Å². The first-order valence-corrected chi connectivity index (χ1v) is 10.5. The number of rotatable bonds is 4. The van der Waals surface area contributed by atoms with Crippen LogP contribution >= 0.6 is 11.8 Å². The molecule has 2 atom stereocenters. The molecule has 1 aliphatic heterocycles. The van der Waals surface area contributed by atoms with E-state index < -0.39 is 0 Å². The Bertz CT molecular complexity index is 914. The van der Waals surface area contributed by atoms with E-state index in [2.05, 4.69) is 31.0 Å². The maximum absolute atomic E-state index is 13.5. The lowest BCUT2D eigenvalue weighted by molar-refractivity contribution is -0.129. The summed E-state index contributed by atoms with van der Waals surface area (Å²) in [7, 11) is 0. The minimum absolute atomic E-state index is 0.117. The predicted molar refractivity (Wildman–Crippen MR) is 108 cm³/mol. The van der Waals surface area contributed by atoms with E-state index in [0.29, 0.717) is 22.6 Å². The molecule has 1 amide bonds. The minimum Gasteiger partial charge on any atom is -0.338 e. The second kappa shape index (κ2) is 6.76. The fourth-order valence-electron chi connectivity index (χ4n) is 5.16. The number of carbonyl (C=O) groups excluding carboxylic acids is 1. The maximum atomic E-state index is 13.5. The molecule has 2 fully saturated rings. The summed E-state index contributed by atoms with van der Waals surface area (Å²) in [5.41, 5.74) is 1.04. The molecule has 28 heavy (non-hydrogen) atoms. The molecule has 2 N–H and O–H groups in total. The summed E-state index contributed by atoms with van der Waals surface area (Å²) in [6, 6.07) is 6.37. The number of likely N-dealkylation sites (tertiary alicyclic amines) is 1. The van der Waals surface area contributed by atoms with Gasteiger partial charge in [0, 0.05) is 18.2 Å². The smallest absolute Gasteiger partial charge is 0.233 e. The van der Waals surface area contributed by atoms with Gasteiger partial charge in [-0.15, -0.1) is 10.2 Å². The maximum Gasteiger partial charge on any atom is 0.233 e. The summed E-state index contributed by atoms with van der Waals surface area (Å²) in [5, 5.41) is 8.59. The highest BCUT2D eigenvalue weighted by Crippen LogP contribution is 2.52. The highest BCUT2D eigenvalue weighted by molar-refractivity contribution is 7.99. The monoisotopic (exact) mass is 403 g/mol. The number of hydrogen-bond acceptors (Lipinski definition) is 5. The van der Waals surface area contributed by atoms with Crippen LogP contribution in [0.3, 0.4) is 0 Å². The largest absolute Gasteiger partial charge is 0.338 e. The lowest BCUT2D eigenvalue weighted by Crippen LogP contribution is -2.38. The minimum atomic E-state index is -0.360. The summed E-state index contributed by atoms with van der Waals surface area (Å²) >= 11 is 1.27. The number of thioether (sulfide) groups is 1. The van der Waals surface area contributed by atoms with E-state index in [9.17, 15) is 9.18 Å². The van der Waals surface area contributed by atoms with Gasteiger partial charge in [0.15, 0.2) is 5.82 Å². The van der Waals surface area contributed by atoms with Gasteiger partial charge in [0.2, 0.25) is 11.1 Å². The van der Waals surface area contributed by atoms with Gasteiger partial charge < -0.3 is 10.7 Å². The number of aromatic nitrogens is 3. The van der Waals surface area contributed by atoms with Crippen LogP contribution in [-0.2, 0) is 4.79 Å². The molecule has 1 aliphatic carbocycles. The molecule has 6 nitrogen and oxygen atoms in total. The molecule has 150 valence electrons.